The Morgan fingerprint density at radius 2 is 2.20 bits per heavy atom. The molecule has 0 aromatic carbocycles. The molecule has 2 rings (SSSR count). The van der Waals surface area contributed by atoms with E-state index < -0.39 is 0 Å². The predicted molar refractivity (Wildman–Crippen MR) is 77.9 cm³/mol. The van der Waals surface area contributed by atoms with E-state index >= 15 is 0 Å². The van der Waals surface area contributed by atoms with Crippen LogP contribution >= 0.6 is 0 Å². The molecule has 0 fully saturated rings. The topological polar surface area (TPSA) is 48.3 Å². The molecule has 0 aliphatic rings. The highest BCUT2D eigenvalue weighted by atomic mass is 16.5. The maximum absolute atomic E-state index is 5.27. The molecule has 0 unspecified atom stereocenters. The normalized spacial score (nSPS) is 10.7. The molecule has 0 saturated carbocycles. The van der Waals surface area contributed by atoms with E-state index in [9.17, 15) is 0 Å². The van der Waals surface area contributed by atoms with Gasteiger partial charge in [0.15, 0.2) is 0 Å². The van der Waals surface area contributed by atoms with Crippen molar-refractivity contribution in [2.75, 3.05) is 27.4 Å². The summed E-state index contributed by atoms with van der Waals surface area (Å²) >= 11 is 0. The Balaban J connectivity index is 1.92. The second-order valence-electron chi connectivity index (χ2n) is 4.53. The maximum atomic E-state index is 5.27. The number of hydrogen-bond acceptors (Lipinski definition) is 4. The number of methoxy groups -OCH3 is 2. The minimum Gasteiger partial charge on any atom is -0.481 e. The van der Waals surface area contributed by atoms with E-state index in [1.54, 1.807) is 20.4 Å². The van der Waals surface area contributed by atoms with Crippen LogP contribution in [0.3, 0.4) is 0 Å². The number of nitrogens with zero attached hydrogens (tertiary/aromatic N) is 2. The smallest absolute Gasteiger partial charge is 0.218 e. The summed E-state index contributed by atoms with van der Waals surface area (Å²) in [6, 6.07) is 6.07. The fraction of sp³-hybridized carbons (Fsp3) is 0.400. The summed E-state index contributed by atoms with van der Waals surface area (Å²) in [6.07, 6.45) is 5.94. The van der Waals surface area contributed by atoms with Crippen molar-refractivity contribution in [3.63, 3.8) is 0 Å². The van der Waals surface area contributed by atoms with Gasteiger partial charge in [0.05, 0.1) is 20.3 Å². The zero-order valence-electron chi connectivity index (χ0n) is 12.0. The minimum atomic E-state index is 0.681. The van der Waals surface area contributed by atoms with Crippen LogP contribution in [0.15, 0.2) is 36.8 Å². The van der Waals surface area contributed by atoms with E-state index in [4.69, 9.17) is 9.47 Å². The van der Waals surface area contributed by atoms with Crippen molar-refractivity contribution >= 4 is 0 Å². The fourth-order valence-electron chi connectivity index (χ4n) is 2.03. The van der Waals surface area contributed by atoms with Crippen LogP contribution < -0.4 is 10.1 Å². The number of pyridine rings is 1. The van der Waals surface area contributed by atoms with Gasteiger partial charge in [-0.05, 0) is 17.7 Å². The number of rotatable bonds is 8. The van der Waals surface area contributed by atoms with Crippen molar-refractivity contribution in [2.24, 2.45) is 0 Å². The molecule has 2 aromatic rings. The largest absolute Gasteiger partial charge is 0.481 e. The summed E-state index contributed by atoms with van der Waals surface area (Å²) in [4.78, 5) is 4.21. The molecular weight excluding hydrogens is 254 g/mol. The lowest BCUT2D eigenvalue weighted by Gasteiger charge is -2.07. The molecule has 0 aliphatic heterocycles. The Morgan fingerprint density at radius 3 is 3.00 bits per heavy atom. The van der Waals surface area contributed by atoms with Crippen molar-refractivity contribution < 1.29 is 9.47 Å². The number of hydrogen-bond donors (Lipinski definition) is 1. The van der Waals surface area contributed by atoms with Gasteiger partial charge in [0.2, 0.25) is 5.88 Å². The number of ether oxygens (including phenoxy) is 2. The first-order valence-corrected chi connectivity index (χ1v) is 6.65. The van der Waals surface area contributed by atoms with Gasteiger partial charge in [-0.1, -0.05) is 6.07 Å². The summed E-state index contributed by atoms with van der Waals surface area (Å²) in [7, 11) is 3.35. The quantitative estimate of drug-likeness (QED) is 0.745. The average Bonchev–Trinajstić information content (AvgIpc) is 2.92. The van der Waals surface area contributed by atoms with Gasteiger partial charge in [0, 0.05) is 44.4 Å². The molecule has 2 heterocycles. The van der Waals surface area contributed by atoms with E-state index in [2.05, 4.69) is 33.3 Å². The number of nitrogens with one attached hydrogen (secondary N) is 1. The lowest BCUT2D eigenvalue weighted by Crippen LogP contribution is -2.18. The molecule has 0 saturated heterocycles. The monoisotopic (exact) mass is 275 g/mol. The molecule has 0 bridgehead atoms. The molecule has 20 heavy (non-hydrogen) atoms. The minimum absolute atomic E-state index is 0.681. The van der Waals surface area contributed by atoms with Crippen LogP contribution in [0, 0.1) is 0 Å². The van der Waals surface area contributed by atoms with Crippen molar-refractivity contribution in [3.05, 3.63) is 47.9 Å². The Labute approximate surface area is 119 Å². The van der Waals surface area contributed by atoms with Gasteiger partial charge in [-0.15, -0.1) is 0 Å². The van der Waals surface area contributed by atoms with Crippen LogP contribution in [0.5, 0.6) is 5.88 Å². The van der Waals surface area contributed by atoms with E-state index in [1.807, 2.05) is 12.1 Å². The van der Waals surface area contributed by atoms with E-state index in [1.165, 1.54) is 5.56 Å². The first kappa shape index (κ1) is 14.6. The highest BCUT2D eigenvalue weighted by Crippen LogP contribution is 2.15. The number of aromatic nitrogens is 2. The molecule has 0 atom stereocenters. The SMILES string of the molecule is COCCNCc1ccn(Cc2cccnc2OC)c1. The van der Waals surface area contributed by atoms with Crippen LogP contribution in [-0.2, 0) is 17.8 Å². The molecule has 0 radical (unpaired) electrons. The molecule has 108 valence electrons. The van der Waals surface area contributed by atoms with Gasteiger partial charge in [-0.25, -0.2) is 4.98 Å². The van der Waals surface area contributed by atoms with Crippen LogP contribution in [0.4, 0.5) is 0 Å². The molecular formula is C15H21N3O2. The van der Waals surface area contributed by atoms with Crippen LogP contribution in [-0.4, -0.2) is 36.9 Å². The van der Waals surface area contributed by atoms with Crippen LogP contribution in [0.2, 0.25) is 0 Å². The molecule has 1 N–H and O–H groups in total. The predicted octanol–water partition coefficient (Wildman–Crippen LogP) is 1.68. The molecule has 5 heteroatoms. The van der Waals surface area contributed by atoms with Gasteiger partial charge in [0.25, 0.3) is 0 Å². The van der Waals surface area contributed by atoms with Crippen LogP contribution in [0.25, 0.3) is 0 Å². The maximum Gasteiger partial charge on any atom is 0.218 e. The third kappa shape index (κ3) is 4.08. The highest BCUT2D eigenvalue weighted by Gasteiger charge is 2.04. The van der Waals surface area contributed by atoms with Gasteiger partial charge in [0.1, 0.15) is 0 Å². The second kappa shape index (κ2) is 7.67. The Hall–Kier alpha value is -1.85. The molecule has 0 aliphatic carbocycles. The first-order valence-electron chi connectivity index (χ1n) is 6.65. The Morgan fingerprint density at radius 1 is 1.30 bits per heavy atom. The zero-order valence-corrected chi connectivity index (χ0v) is 12.0. The van der Waals surface area contributed by atoms with Gasteiger partial charge < -0.3 is 19.4 Å². The second-order valence-corrected chi connectivity index (χ2v) is 4.53. The lowest BCUT2D eigenvalue weighted by atomic mass is 10.2. The van der Waals surface area contributed by atoms with E-state index in [-0.39, 0.29) is 0 Å². The van der Waals surface area contributed by atoms with Gasteiger partial charge >= 0.3 is 0 Å². The average molecular weight is 275 g/mol. The summed E-state index contributed by atoms with van der Waals surface area (Å²) in [6.45, 7) is 3.20. The van der Waals surface area contributed by atoms with E-state index in [0.29, 0.717) is 5.88 Å². The fourth-order valence-corrected chi connectivity index (χ4v) is 2.03. The standard InChI is InChI=1S/C15H21N3O2/c1-19-9-7-16-10-13-5-8-18(11-13)12-14-4-3-6-17-15(14)20-2/h3-6,8,11,16H,7,9-10,12H2,1-2H3. The highest BCUT2D eigenvalue weighted by molar-refractivity contribution is 5.26. The van der Waals surface area contributed by atoms with Crippen molar-refractivity contribution in [1.29, 1.82) is 0 Å². The van der Waals surface area contributed by atoms with Crippen molar-refractivity contribution in [1.82, 2.24) is 14.9 Å². The molecule has 2 aromatic heterocycles. The third-order valence-electron chi connectivity index (χ3n) is 3.02. The molecule has 0 spiro atoms. The van der Waals surface area contributed by atoms with Crippen molar-refractivity contribution in [3.8, 4) is 5.88 Å². The van der Waals surface area contributed by atoms with Gasteiger partial charge in [-0.3, -0.25) is 0 Å². The Kier molecular flexibility index (Phi) is 5.58. The lowest BCUT2D eigenvalue weighted by molar-refractivity contribution is 0.199. The van der Waals surface area contributed by atoms with E-state index in [0.717, 1.165) is 31.8 Å². The summed E-state index contributed by atoms with van der Waals surface area (Å²) in [5.74, 6) is 0.681. The van der Waals surface area contributed by atoms with Crippen LogP contribution in [0.1, 0.15) is 11.1 Å². The first-order chi connectivity index (χ1) is 9.83. The summed E-state index contributed by atoms with van der Waals surface area (Å²) in [5, 5.41) is 3.33. The molecule has 0 amide bonds. The van der Waals surface area contributed by atoms with Crippen molar-refractivity contribution in [2.45, 2.75) is 13.1 Å². The third-order valence-corrected chi connectivity index (χ3v) is 3.02. The summed E-state index contributed by atoms with van der Waals surface area (Å²) in [5.41, 5.74) is 2.33. The zero-order chi connectivity index (χ0) is 14.2. The Bertz CT molecular complexity index is 525. The summed E-state index contributed by atoms with van der Waals surface area (Å²) < 4.78 is 12.4. The van der Waals surface area contributed by atoms with Gasteiger partial charge in [-0.2, -0.15) is 0 Å². The molecule has 5 nitrogen and oxygen atoms in total.